The van der Waals surface area contributed by atoms with E-state index in [2.05, 4.69) is 12.2 Å². The quantitative estimate of drug-likeness (QED) is 0.813. The lowest BCUT2D eigenvalue weighted by Gasteiger charge is -2.30. The summed E-state index contributed by atoms with van der Waals surface area (Å²) in [5, 5.41) is 13.1. The zero-order chi connectivity index (χ0) is 16.2. The minimum Gasteiger partial charge on any atom is -0.389 e. The molecule has 0 heterocycles. The minimum atomic E-state index is -0.909. The van der Waals surface area contributed by atoms with Crippen LogP contribution in [0.2, 0.25) is 0 Å². The number of aliphatic hydroxyl groups is 1. The monoisotopic (exact) mass is 304 g/mol. The molecule has 2 rings (SSSR count). The normalized spacial score (nSPS) is 16.2. The lowest BCUT2D eigenvalue weighted by Crippen LogP contribution is -2.47. The van der Waals surface area contributed by atoms with Crippen molar-refractivity contribution in [1.29, 1.82) is 0 Å². The zero-order valence-electron chi connectivity index (χ0n) is 13.9. The third-order valence-electron chi connectivity index (χ3n) is 4.40. The van der Waals surface area contributed by atoms with E-state index in [1.165, 1.54) is 12.8 Å². The van der Waals surface area contributed by atoms with Gasteiger partial charge in [-0.05, 0) is 44.1 Å². The molecule has 1 aromatic rings. The molecule has 2 N–H and O–H groups in total. The van der Waals surface area contributed by atoms with Gasteiger partial charge in [-0.3, -0.25) is 0 Å². The van der Waals surface area contributed by atoms with Crippen LogP contribution in [0.3, 0.4) is 0 Å². The second-order valence-electron chi connectivity index (χ2n) is 7.17. The summed E-state index contributed by atoms with van der Waals surface area (Å²) < 4.78 is 0. The van der Waals surface area contributed by atoms with Crippen molar-refractivity contribution in [3.63, 3.8) is 0 Å². The van der Waals surface area contributed by atoms with Gasteiger partial charge in [-0.25, -0.2) is 4.79 Å². The van der Waals surface area contributed by atoms with Gasteiger partial charge in [0.05, 0.1) is 12.1 Å². The Balaban J connectivity index is 1.98. The summed E-state index contributed by atoms with van der Waals surface area (Å²) in [5.74, 6) is 0. The molecular weight excluding hydrogens is 276 g/mol. The first-order valence-electron chi connectivity index (χ1n) is 8.13. The van der Waals surface area contributed by atoms with E-state index >= 15 is 0 Å². The van der Waals surface area contributed by atoms with E-state index < -0.39 is 5.60 Å². The van der Waals surface area contributed by atoms with Crippen molar-refractivity contribution in [1.82, 2.24) is 10.2 Å². The molecule has 4 heteroatoms. The van der Waals surface area contributed by atoms with Gasteiger partial charge in [0.2, 0.25) is 0 Å². The molecule has 0 radical (unpaired) electrons. The number of carbonyl (C=O) groups excluding carboxylic acids is 1. The summed E-state index contributed by atoms with van der Waals surface area (Å²) in [5.41, 5.74) is 0.482. The fourth-order valence-corrected chi connectivity index (χ4v) is 2.68. The highest BCUT2D eigenvalue weighted by Crippen LogP contribution is 2.47. The third kappa shape index (κ3) is 5.02. The van der Waals surface area contributed by atoms with Gasteiger partial charge in [-0.2, -0.15) is 0 Å². The van der Waals surface area contributed by atoms with Gasteiger partial charge in [0, 0.05) is 13.1 Å². The fourth-order valence-electron chi connectivity index (χ4n) is 2.68. The SMILES string of the molecule is CCC1(CNC(=O)N(Cc2ccccc2)CC(C)(C)O)CC1. The van der Waals surface area contributed by atoms with Gasteiger partial charge in [0.15, 0.2) is 0 Å². The number of rotatable bonds is 7. The van der Waals surface area contributed by atoms with Crippen LogP contribution in [0.5, 0.6) is 0 Å². The van der Waals surface area contributed by atoms with Gasteiger partial charge >= 0.3 is 6.03 Å². The average molecular weight is 304 g/mol. The summed E-state index contributed by atoms with van der Waals surface area (Å²) in [4.78, 5) is 14.2. The second-order valence-corrected chi connectivity index (χ2v) is 7.17. The van der Waals surface area contributed by atoms with Gasteiger partial charge in [0.1, 0.15) is 0 Å². The van der Waals surface area contributed by atoms with Crippen LogP contribution in [-0.2, 0) is 6.54 Å². The molecule has 0 bridgehead atoms. The van der Waals surface area contributed by atoms with E-state index in [-0.39, 0.29) is 6.03 Å². The Morgan fingerprint density at radius 3 is 2.45 bits per heavy atom. The Morgan fingerprint density at radius 1 is 1.32 bits per heavy atom. The lowest BCUT2D eigenvalue weighted by molar-refractivity contribution is 0.0445. The second kappa shape index (κ2) is 6.69. The highest BCUT2D eigenvalue weighted by Gasteiger charge is 2.41. The van der Waals surface area contributed by atoms with Gasteiger partial charge in [-0.15, -0.1) is 0 Å². The molecule has 1 aromatic carbocycles. The molecule has 0 spiro atoms. The lowest BCUT2D eigenvalue weighted by atomic mass is 10.0. The van der Waals surface area contributed by atoms with E-state index in [0.717, 1.165) is 18.5 Å². The Bertz CT molecular complexity index is 490. The molecule has 4 nitrogen and oxygen atoms in total. The maximum Gasteiger partial charge on any atom is 0.317 e. The maximum absolute atomic E-state index is 12.5. The van der Waals surface area contributed by atoms with Crippen LogP contribution in [0.25, 0.3) is 0 Å². The number of nitrogens with zero attached hydrogens (tertiary/aromatic N) is 1. The van der Waals surface area contributed by atoms with Crippen LogP contribution in [-0.4, -0.2) is 34.7 Å². The van der Waals surface area contributed by atoms with E-state index in [4.69, 9.17) is 0 Å². The Labute approximate surface area is 133 Å². The number of benzene rings is 1. The van der Waals surface area contributed by atoms with Crippen LogP contribution in [0.15, 0.2) is 30.3 Å². The predicted molar refractivity (Wildman–Crippen MR) is 88.5 cm³/mol. The van der Waals surface area contributed by atoms with E-state index in [1.807, 2.05) is 30.3 Å². The summed E-state index contributed by atoms with van der Waals surface area (Å²) in [6.45, 7) is 7.19. The van der Waals surface area contributed by atoms with E-state index in [9.17, 15) is 9.90 Å². The molecule has 0 aromatic heterocycles. The Hall–Kier alpha value is -1.55. The van der Waals surface area contributed by atoms with E-state index in [1.54, 1.807) is 18.7 Å². The van der Waals surface area contributed by atoms with Crippen molar-refractivity contribution in [2.45, 2.75) is 52.2 Å². The van der Waals surface area contributed by atoms with Crippen molar-refractivity contribution in [2.24, 2.45) is 5.41 Å². The van der Waals surface area contributed by atoms with Crippen LogP contribution >= 0.6 is 0 Å². The van der Waals surface area contributed by atoms with Crippen LogP contribution < -0.4 is 5.32 Å². The molecule has 0 atom stereocenters. The molecule has 22 heavy (non-hydrogen) atoms. The average Bonchev–Trinajstić information content (AvgIpc) is 3.24. The minimum absolute atomic E-state index is 0.0919. The molecule has 2 amide bonds. The number of urea groups is 1. The number of amides is 2. The van der Waals surface area contributed by atoms with Gasteiger partial charge < -0.3 is 15.3 Å². The number of nitrogens with one attached hydrogen (secondary N) is 1. The summed E-state index contributed by atoms with van der Waals surface area (Å²) in [6.07, 6.45) is 3.51. The maximum atomic E-state index is 12.5. The molecular formula is C18H28N2O2. The van der Waals surface area contributed by atoms with Gasteiger partial charge in [-0.1, -0.05) is 37.3 Å². The summed E-state index contributed by atoms with van der Waals surface area (Å²) >= 11 is 0. The summed E-state index contributed by atoms with van der Waals surface area (Å²) in [6, 6.07) is 9.79. The highest BCUT2D eigenvalue weighted by molar-refractivity contribution is 5.74. The van der Waals surface area contributed by atoms with Gasteiger partial charge in [0.25, 0.3) is 0 Å². The van der Waals surface area contributed by atoms with E-state index in [0.29, 0.717) is 18.5 Å². The summed E-state index contributed by atoms with van der Waals surface area (Å²) in [7, 11) is 0. The smallest absolute Gasteiger partial charge is 0.317 e. The Morgan fingerprint density at radius 2 is 1.95 bits per heavy atom. The standard InChI is InChI=1S/C18H28N2O2/c1-4-18(10-11-18)13-19-16(21)20(14-17(2,3)22)12-15-8-6-5-7-9-15/h5-9,22H,4,10-14H2,1-3H3,(H,19,21). The molecule has 0 saturated heterocycles. The molecule has 1 fully saturated rings. The zero-order valence-corrected chi connectivity index (χ0v) is 13.9. The molecule has 1 aliphatic carbocycles. The predicted octanol–water partition coefficient (Wildman–Crippen LogP) is 3.16. The first kappa shape index (κ1) is 16.8. The number of carbonyl (C=O) groups is 1. The number of hydrogen-bond acceptors (Lipinski definition) is 2. The first-order chi connectivity index (χ1) is 10.3. The fraction of sp³-hybridized carbons (Fsp3) is 0.611. The van der Waals surface area contributed by atoms with Crippen molar-refractivity contribution in [3.05, 3.63) is 35.9 Å². The molecule has 0 aliphatic heterocycles. The molecule has 1 saturated carbocycles. The third-order valence-corrected chi connectivity index (χ3v) is 4.40. The molecule has 122 valence electrons. The number of hydrogen-bond donors (Lipinski definition) is 2. The van der Waals surface area contributed by atoms with Crippen LogP contribution in [0.1, 0.15) is 45.6 Å². The Kier molecular flexibility index (Phi) is 5.12. The highest BCUT2D eigenvalue weighted by atomic mass is 16.3. The largest absolute Gasteiger partial charge is 0.389 e. The van der Waals surface area contributed by atoms with Crippen molar-refractivity contribution < 1.29 is 9.90 Å². The topological polar surface area (TPSA) is 52.6 Å². The molecule has 0 unspecified atom stereocenters. The van der Waals surface area contributed by atoms with Crippen molar-refractivity contribution in [2.75, 3.05) is 13.1 Å². The molecule has 1 aliphatic rings. The van der Waals surface area contributed by atoms with Crippen LogP contribution in [0.4, 0.5) is 4.79 Å². The van der Waals surface area contributed by atoms with Crippen molar-refractivity contribution in [3.8, 4) is 0 Å². The van der Waals surface area contributed by atoms with Crippen LogP contribution in [0, 0.1) is 5.41 Å². The van der Waals surface area contributed by atoms with Crippen molar-refractivity contribution >= 4 is 6.03 Å². The first-order valence-corrected chi connectivity index (χ1v) is 8.13.